The molecule has 82 heavy (non-hydrogen) atoms. The third-order valence-electron chi connectivity index (χ3n) is 14.1. The number of nitrogens with zero attached hydrogens (tertiary/aromatic N) is 2. The van der Waals surface area contributed by atoms with Gasteiger partial charge in [-0.05, 0) is 130 Å². The Labute approximate surface area is 473 Å². The molecule has 0 fully saturated rings. The second-order valence-electron chi connectivity index (χ2n) is 19.4. The predicted molar refractivity (Wildman–Crippen MR) is 299 cm³/mol. The third kappa shape index (κ3) is 14.1. The zero-order valence-corrected chi connectivity index (χ0v) is 46.4. The smallest absolute Gasteiger partial charge is 0.252 e. The number of carbonyl (C=O) groups is 6. The maximum Gasteiger partial charge on any atom is 0.252 e. The highest BCUT2D eigenvalue weighted by Crippen LogP contribution is 2.40. The van der Waals surface area contributed by atoms with Crippen molar-refractivity contribution in [2.45, 2.75) is 65.0 Å². The van der Waals surface area contributed by atoms with E-state index >= 15 is 0 Å². The minimum Gasteiger partial charge on any atom is -0.493 e. The highest BCUT2D eigenvalue weighted by atomic mass is 19.1. The summed E-state index contributed by atoms with van der Waals surface area (Å²) in [4.78, 5) is 86.4. The van der Waals surface area contributed by atoms with Gasteiger partial charge in [0.2, 0.25) is 23.3 Å². The maximum atomic E-state index is 14.0. The fourth-order valence-corrected chi connectivity index (χ4v) is 9.80. The monoisotopic (exact) mass is 1120 g/mol. The topological polar surface area (TPSA) is 212 Å². The maximum absolute atomic E-state index is 14.0. The molecule has 4 N–H and O–H groups in total. The number of halogens is 2. The van der Waals surface area contributed by atoms with E-state index < -0.39 is 23.6 Å². The lowest BCUT2D eigenvalue weighted by atomic mass is 9.98. The standard InChI is InChI=1S/C62H64F2N6O12/c1-77-51-23-39(24-52(78-2)57(51)81-5)31-67-61(75)49-29-43-35-69(33-41(43)27-47(49)59(73)65-21-19-37-11-15-45(63)16-12-37)55(71)9-7-8-10-56(72)70-34-42-28-48(60(74)66-22-20-38-13-17-46(64)18-14-38)50(30-44(42)36-70)62(76)68-32-40-25-53(79-3)58(82-6)54(26-40)80-4/h7-8,11-18,23-30H,9-10,19-22,31-36H2,1-6H3,(H,65,73)(H,66,74)(H,67,75)(H,68,76)/b8-7+. The second-order valence-corrected chi connectivity index (χ2v) is 19.4. The van der Waals surface area contributed by atoms with Gasteiger partial charge in [0, 0.05) is 65.2 Å². The van der Waals surface area contributed by atoms with Gasteiger partial charge in [0.05, 0.1) is 64.9 Å². The molecular weight excluding hydrogens is 1060 g/mol. The SMILES string of the molecule is COc1cc(CNC(=O)c2cc3c(cc2C(=O)NCCc2ccc(F)cc2)CN(C(=O)C/C=C/CC(=O)N2Cc4cc(C(=O)NCCc5ccc(F)cc5)c(C(=O)NCc5cc(OC)c(OC)c(OC)c5)cc4C2)C3)cc(OC)c1OC. The summed E-state index contributed by atoms with van der Waals surface area (Å²) in [6, 6.07) is 25.2. The Morgan fingerprint density at radius 1 is 0.415 bits per heavy atom. The van der Waals surface area contributed by atoms with Crippen LogP contribution in [0.5, 0.6) is 34.5 Å². The molecule has 6 aromatic rings. The average Bonchev–Trinajstić information content (AvgIpc) is 4.14. The van der Waals surface area contributed by atoms with E-state index in [-0.39, 0.29) is 111 Å². The van der Waals surface area contributed by atoms with Crippen molar-refractivity contribution in [1.29, 1.82) is 0 Å². The van der Waals surface area contributed by atoms with E-state index in [0.29, 0.717) is 80.7 Å². The van der Waals surface area contributed by atoms with E-state index in [4.69, 9.17) is 28.4 Å². The van der Waals surface area contributed by atoms with Crippen molar-refractivity contribution in [3.8, 4) is 34.5 Å². The van der Waals surface area contributed by atoms with Gasteiger partial charge in [-0.2, -0.15) is 0 Å². The van der Waals surface area contributed by atoms with Crippen molar-refractivity contribution < 1.29 is 66.0 Å². The normalized spacial score (nSPS) is 12.3. The van der Waals surface area contributed by atoms with E-state index in [0.717, 1.165) is 11.1 Å². The summed E-state index contributed by atoms with van der Waals surface area (Å²) in [6.07, 6.45) is 4.01. The van der Waals surface area contributed by atoms with Crippen molar-refractivity contribution in [2.24, 2.45) is 0 Å². The molecule has 6 amide bonds. The van der Waals surface area contributed by atoms with Crippen LogP contribution in [-0.2, 0) is 61.7 Å². The van der Waals surface area contributed by atoms with Crippen LogP contribution in [0.25, 0.3) is 0 Å². The van der Waals surface area contributed by atoms with Crippen LogP contribution in [0, 0.1) is 11.6 Å². The van der Waals surface area contributed by atoms with Gasteiger partial charge in [-0.15, -0.1) is 0 Å². The Morgan fingerprint density at radius 3 is 0.988 bits per heavy atom. The Hall–Kier alpha value is -9.46. The molecule has 0 aromatic heterocycles. The van der Waals surface area contributed by atoms with E-state index in [2.05, 4.69) is 21.3 Å². The fraction of sp³-hybridized carbons (Fsp3) is 0.290. The van der Waals surface area contributed by atoms with Crippen LogP contribution in [-0.4, -0.2) is 101 Å². The number of rotatable bonds is 24. The van der Waals surface area contributed by atoms with Gasteiger partial charge in [-0.3, -0.25) is 28.8 Å². The van der Waals surface area contributed by atoms with Crippen LogP contribution in [0.2, 0.25) is 0 Å². The van der Waals surface area contributed by atoms with E-state index in [1.54, 1.807) is 94.7 Å². The molecule has 0 spiro atoms. The largest absolute Gasteiger partial charge is 0.493 e. The van der Waals surface area contributed by atoms with Gasteiger partial charge in [0.1, 0.15) is 11.6 Å². The molecule has 2 heterocycles. The summed E-state index contributed by atoms with van der Waals surface area (Å²) in [5.41, 5.74) is 6.09. The van der Waals surface area contributed by atoms with Crippen molar-refractivity contribution in [3.63, 3.8) is 0 Å². The van der Waals surface area contributed by atoms with Crippen LogP contribution in [0.1, 0.15) is 98.8 Å². The summed E-state index contributed by atoms with van der Waals surface area (Å²) < 4.78 is 59.9. The summed E-state index contributed by atoms with van der Waals surface area (Å²) >= 11 is 0. The Kier molecular flexibility index (Phi) is 19.4. The zero-order valence-electron chi connectivity index (χ0n) is 46.4. The molecule has 0 aliphatic carbocycles. The van der Waals surface area contributed by atoms with E-state index in [1.807, 2.05) is 0 Å². The first-order valence-electron chi connectivity index (χ1n) is 26.4. The summed E-state index contributed by atoms with van der Waals surface area (Å²) in [5.74, 6) is -0.936. The predicted octanol–water partition coefficient (Wildman–Crippen LogP) is 7.54. The van der Waals surface area contributed by atoms with Crippen molar-refractivity contribution in [3.05, 3.63) is 188 Å². The van der Waals surface area contributed by atoms with Crippen LogP contribution < -0.4 is 49.7 Å². The molecule has 2 aliphatic heterocycles. The molecule has 20 heteroatoms. The van der Waals surface area contributed by atoms with Gasteiger partial charge in [-0.1, -0.05) is 36.4 Å². The van der Waals surface area contributed by atoms with Gasteiger partial charge < -0.3 is 59.5 Å². The molecular formula is C62H64F2N6O12. The van der Waals surface area contributed by atoms with Crippen molar-refractivity contribution >= 4 is 35.4 Å². The van der Waals surface area contributed by atoms with Gasteiger partial charge in [0.15, 0.2) is 23.0 Å². The number of hydrogen-bond acceptors (Lipinski definition) is 12. The molecule has 0 bridgehead atoms. The molecule has 0 radical (unpaired) electrons. The fourth-order valence-electron chi connectivity index (χ4n) is 9.80. The molecule has 0 saturated carbocycles. The molecule has 428 valence electrons. The first-order valence-corrected chi connectivity index (χ1v) is 26.4. The molecule has 0 unspecified atom stereocenters. The minimum atomic E-state index is -0.533. The summed E-state index contributed by atoms with van der Waals surface area (Å²) in [6.45, 7) is 1.20. The number of fused-ring (bicyclic) bond motifs is 2. The van der Waals surface area contributed by atoms with E-state index in [9.17, 15) is 37.5 Å². The molecule has 0 saturated heterocycles. The van der Waals surface area contributed by atoms with E-state index in [1.165, 1.54) is 66.9 Å². The molecule has 6 aromatic carbocycles. The van der Waals surface area contributed by atoms with Gasteiger partial charge in [0.25, 0.3) is 23.6 Å². The van der Waals surface area contributed by atoms with Gasteiger partial charge >= 0.3 is 0 Å². The van der Waals surface area contributed by atoms with Crippen LogP contribution in [0.3, 0.4) is 0 Å². The Morgan fingerprint density at radius 2 is 0.707 bits per heavy atom. The average molecular weight is 1120 g/mol. The lowest BCUT2D eigenvalue weighted by Gasteiger charge is -2.15. The highest BCUT2D eigenvalue weighted by Gasteiger charge is 2.30. The van der Waals surface area contributed by atoms with Crippen LogP contribution in [0.4, 0.5) is 8.78 Å². The summed E-state index contributed by atoms with van der Waals surface area (Å²) in [7, 11) is 8.91. The lowest BCUT2D eigenvalue weighted by Crippen LogP contribution is -2.30. The number of ether oxygens (including phenoxy) is 6. The molecule has 2 aliphatic rings. The molecule has 18 nitrogen and oxygen atoms in total. The number of methoxy groups -OCH3 is 6. The van der Waals surface area contributed by atoms with Crippen LogP contribution >= 0.6 is 0 Å². The molecule has 8 rings (SSSR count). The number of benzene rings is 6. The Bertz CT molecular complexity index is 3130. The second kappa shape index (κ2) is 27.1. The minimum absolute atomic E-state index is 0.0332. The van der Waals surface area contributed by atoms with Crippen LogP contribution in [0.15, 0.2) is 109 Å². The third-order valence-corrected chi connectivity index (χ3v) is 14.1. The first kappa shape index (κ1) is 58.7. The van der Waals surface area contributed by atoms with Crippen molar-refractivity contribution in [2.75, 3.05) is 55.7 Å². The zero-order chi connectivity index (χ0) is 58.5. The molecule has 0 atom stereocenters. The number of carbonyl (C=O) groups excluding carboxylic acids is 6. The quantitative estimate of drug-likeness (QED) is 0.0433. The first-order chi connectivity index (χ1) is 39.6. The highest BCUT2D eigenvalue weighted by molar-refractivity contribution is 6.08. The Balaban J connectivity index is 0.914. The number of nitrogens with one attached hydrogen (secondary N) is 4. The van der Waals surface area contributed by atoms with Crippen molar-refractivity contribution in [1.82, 2.24) is 31.1 Å². The van der Waals surface area contributed by atoms with Gasteiger partial charge in [-0.25, -0.2) is 8.78 Å². The number of hydrogen-bond donors (Lipinski definition) is 4. The number of amides is 6. The summed E-state index contributed by atoms with van der Waals surface area (Å²) in [5, 5.41) is 11.6. The lowest BCUT2D eigenvalue weighted by molar-refractivity contribution is -0.131.